The van der Waals surface area contributed by atoms with Crippen LogP contribution in [0.3, 0.4) is 0 Å². The number of hydrogen-bond acceptors (Lipinski definition) is 2. The van der Waals surface area contributed by atoms with Crippen molar-refractivity contribution in [3.63, 3.8) is 0 Å². The van der Waals surface area contributed by atoms with Crippen LogP contribution in [0.4, 0.5) is 0 Å². The van der Waals surface area contributed by atoms with Crippen LogP contribution in [0.1, 0.15) is 5.56 Å². The van der Waals surface area contributed by atoms with Gasteiger partial charge >= 0.3 is 0 Å². The molecule has 1 heterocycles. The summed E-state index contributed by atoms with van der Waals surface area (Å²) in [5, 5.41) is 8.49. The summed E-state index contributed by atoms with van der Waals surface area (Å²) in [7, 11) is 0. The molecule has 0 saturated carbocycles. The average molecular weight is 163 g/mol. The molecule has 0 aliphatic heterocycles. The summed E-state index contributed by atoms with van der Waals surface area (Å²) in [6.07, 6.45) is 4.19. The Balaban J connectivity index is 0.000000810. The van der Waals surface area contributed by atoms with E-state index in [9.17, 15) is 0 Å². The summed E-state index contributed by atoms with van der Waals surface area (Å²) in [5.74, 6) is 0. The Morgan fingerprint density at radius 3 is 2.80 bits per heavy atom. The molecule has 0 fully saturated rings. The fourth-order valence-corrected chi connectivity index (χ4v) is 0.675. The number of aliphatic hydroxyl groups is 1. The third-order valence-corrected chi connectivity index (χ3v) is 1.12. The second kappa shape index (κ2) is 6.10. The topological polar surface area (TPSA) is 33.1 Å². The molecule has 1 rings (SSSR count). The first-order chi connectivity index (χ1) is 4.43. The van der Waals surface area contributed by atoms with Gasteiger partial charge in [-0.25, -0.2) is 0 Å². The molecule has 2 nitrogen and oxygen atoms in total. The molecule has 0 aliphatic rings. The van der Waals surface area contributed by atoms with Crippen LogP contribution in [0, 0.1) is 37.7 Å². The van der Waals surface area contributed by atoms with Gasteiger partial charge in [0, 0.05) is 56.7 Å². The third kappa shape index (κ3) is 3.52. The monoisotopic (exact) mass is 163 g/mol. The summed E-state index contributed by atoms with van der Waals surface area (Å²) in [6, 6.07) is 3.81. The van der Waals surface area contributed by atoms with Crippen molar-refractivity contribution in [2.24, 2.45) is 0 Å². The molecule has 0 aromatic carbocycles. The van der Waals surface area contributed by atoms with Gasteiger partial charge in [0.25, 0.3) is 0 Å². The van der Waals surface area contributed by atoms with E-state index >= 15 is 0 Å². The van der Waals surface area contributed by atoms with Crippen LogP contribution in [0.25, 0.3) is 0 Å². The quantitative estimate of drug-likeness (QED) is 0.693. The van der Waals surface area contributed by atoms with E-state index in [1.807, 2.05) is 12.1 Å². The van der Waals surface area contributed by atoms with E-state index in [-0.39, 0.29) is 44.3 Å². The zero-order valence-corrected chi connectivity index (χ0v) is 6.18. The predicted molar refractivity (Wildman–Crippen MR) is 35.0 cm³/mol. The van der Waals surface area contributed by atoms with Crippen molar-refractivity contribution in [3.05, 3.63) is 30.1 Å². The van der Waals surface area contributed by atoms with Gasteiger partial charge in [0.2, 0.25) is 0 Å². The zero-order valence-electron chi connectivity index (χ0n) is 5.47. The molecule has 0 amide bonds. The first kappa shape index (κ1) is 10.4. The maximum Gasteiger partial charge on any atom is 0.0472 e. The molecular weight excluding hydrogens is 154 g/mol. The molecule has 0 aliphatic carbocycles. The van der Waals surface area contributed by atoms with Gasteiger partial charge in [0.05, 0.1) is 0 Å². The van der Waals surface area contributed by atoms with Gasteiger partial charge in [-0.15, -0.1) is 0 Å². The number of nitrogens with zero attached hydrogens (tertiary/aromatic N) is 1. The van der Waals surface area contributed by atoms with E-state index in [1.165, 1.54) is 0 Å². The minimum atomic E-state index is 0. The largest absolute Gasteiger partial charge is 0.396 e. The molecule has 1 aromatic rings. The molecule has 0 radical (unpaired) electrons. The van der Waals surface area contributed by atoms with Gasteiger partial charge in [-0.05, 0) is 18.1 Å². The van der Waals surface area contributed by atoms with Crippen LogP contribution in [0.5, 0.6) is 0 Å². The molecule has 0 unspecified atom stereocenters. The number of aliphatic hydroxyl groups excluding tert-OH is 1. The van der Waals surface area contributed by atoms with Crippen LogP contribution in [0.2, 0.25) is 0 Å². The van der Waals surface area contributed by atoms with Crippen molar-refractivity contribution >= 4 is 0 Å². The van der Waals surface area contributed by atoms with Crippen molar-refractivity contribution in [1.29, 1.82) is 0 Å². The number of aromatic nitrogens is 1. The van der Waals surface area contributed by atoms with Gasteiger partial charge in [-0.3, -0.25) is 4.98 Å². The Hall–Kier alpha value is 0.370. The van der Waals surface area contributed by atoms with Crippen molar-refractivity contribution in [2.75, 3.05) is 6.61 Å². The maximum absolute atomic E-state index is 8.49. The summed E-state index contributed by atoms with van der Waals surface area (Å²) in [4.78, 5) is 3.89. The number of hydrogen-bond donors (Lipinski definition) is 1. The normalized spacial score (nSPS) is 8.50. The molecule has 0 atom stereocenters. The Morgan fingerprint density at radius 2 is 2.30 bits per heavy atom. The minimum Gasteiger partial charge on any atom is -0.396 e. The van der Waals surface area contributed by atoms with E-state index in [1.54, 1.807) is 12.4 Å². The Labute approximate surface area is 90.3 Å². The van der Waals surface area contributed by atoms with Gasteiger partial charge in [-0.1, -0.05) is 6.07 Å². The Morgan fingerprint density at radius 1 is 1.50 bits per heavy atom. The molecular formula is C7H9ArNO. The van der Waals surface area contributed by atoms with Gasteiger partial charge < -0.3 is 5.11 Å². The first-order valence-corrected chi connectivity index (χ1v) is 2.93. The molecule has 1 N–H and O–H groups in total. The summed E-state index contributed by atoms with van der Waals surface area (Å²) in [5.41, 5.74) is 1.08. The van der Waals surface area contributed by atoms with Gasteiger partial charge in [0.1, 0.15) is 0 Å². The van der Waals surface area contributed by atoms with Crippen LogP contribution < -0.4 is 0 Å². The van der Waals surface area contributed by atoms with E-state index < -0.39 is 0 Å². The Kier molecular flexibility index (Phi) is 6.33. The second-order valence-electron chi connectivity index (χ2n) is 1.83. The maximum atomic E-state index is 8.49. The molecule has 1 aromatic heterocycles. The van der Waals surface area contributed by atoms with Crippen molar-refractivity contribution in [1.82, 2.24) is 4.98 Å². The molecule has 10 heavy (non-hydrogen) atoms. The first-order valence-electron chi connectivity index (χ1n) is 2.93. The van der Waals surface area contributed by atoms with Crippen LogP contribution in [-0.2, 0) is 6.42 Å². The number of pyridine rings is 1. The fourth-order valence-electron chi connectivity index (χ4n) is 0.675. The zero-order chi connectivity index (χ0) is 6.53. The Bertz CT molecular complexity index is 167. The SMILES string of the molecule is OCCc1cccnc1.[Ar]. The van der Waals surface area contributed by atoms with Crippen LogP contribution in [0.15, 0.2) is 24.5 Å². The van der Waals surface area contributed by atoms with Crippen molar-refractivity contribution in [3.8, 4) is 0 Å². The average Bonchev–Trinajstić information content (AvgIpc) is 1.91. The molecule has 0 saturated heterocycles. The van der Waals surface area contributed by atoms with Crippen LogP contribution >= 0.6 is 0 Å². The van der Waals surface area contributed by atoms with Gasteiger partial charge in [0.15, 0.2) is 0 Å². The summed E-state index contributed by atoms with van der Waals surface area (Å²) < 4.78 is 0. The standard InChI is InChI=1S/C7H9NO.Ar/c9-5-3-7-2-1-4-8-6-7;/h1-2,4,6,9H,3,5H2;. The predicted octanol–water partition coefficient (Wildman–Crippen LogP) is 0.616. The van der Waals surface area contributed by atoms with E-state index in [2.05, 4.69) is 4.98 Å². The molecule has 56 valence electrons. The van der Waals surface area contributed by atoms with Gasteiger partial charge in [-0.2, -0.15) is 0 Å². The summed E-state index contributed by atoms with van der Waals surface area (Å²) >= 11 is 0. The minimum absolute atomic E-state index is 0. The molecule has 0 spiro atoms. The fraction of sp³-hybridized carbons (Fsp3) is 0.286. The molecule has 3 heteroatoms. The van der Waals surface area contributed by atoms with E-state index in [4.69, 9.17) is 5.11 Å². The third-order valence-electron chi connectivity index (χ3n) is 1.12. The van der Waals surface area contributed by atoms with Crippen molar-refractivity contribution < 1.29 is 42.8 Å². The van der Waals surface area contributed by atoms with Crippen LogP contribution in [-0.4, -0.2) is 16.7 Å². The van der Waals surface area contributed by atoms with E-state index in [0.717, 1.165) is 5.56 Å². The number of rotatable bonds is 2. The molecule has 0 bridgehead atoms. The smallest absolute Gasteiger partial charge is 0.0472 e. The van der Waals surface area contributed by atoms with E-state index in [0.29, 0.717) is 6.42 Å². The summed E-state index contributed by atoms with van der Waals surface area (Å²) in [6.45, 7) is 0.200. The van der Waals surface area contributed by atoms with Crippen molar-refractivity contribution in [2.45, 2.75) is 6.42 Å². The second-order valence-corrected chi connectivity index (χ2v) is 1.83.